The first-order valence-corrected chi connectivity index (χ1v) is 6.14. The summed E-state index contributed by atoms with van der Waals surface area (Å²) in [4.78, 5) is 18.0. The highest BCUT2D eigenvalue weighted by Gasteiger charge is 2.17. The molecule has 1 fully saturated rings. The van der Waals surface area contributed by atoms with E-state index in [0.29, 0.717) is 5.82 Å². The van der Waals surface area contributed by atoms with Crippen molar-refractivity contribution in [3.8, 4) is 0 Å². The largest absolute Gasteiger partial charge is 0.359 e. The van der Waals surface area contributed by atoms with Gasteiger partial charge in [0.1, 0.15) is 5.52 Å². The molecule has 0 bridgehead atoms. The molecule has 0 atom stereocenters. The third-order valence-corrected chi connectivity index (χ3v) is 3.19. The number of carbonyl (C=O) groups excluding carboxylic acids is 1. The molecule has 1 aliphatic heterocycles. The van der Waals surface area contributed by atoms with Gasteiger partial charge in [-0.3, -0.25) is 4.79 Å². The van der Waals surface area contributed by atoms with Crippen molar-refractivity contribution in [2.45, 2.75) is 12.8 Å². The van der Waals surface area contributed by atoms with Crippen molar-refractivity contribution < 1.29 is 4.79 Å². The molecule has 6 nitrogen and oxygen atoms in total. The summed E-state index contributed by atoms with van der Waals surface area (Å²) >= 11 is 0. The molecule has 3 rings (SSSR count). The summed E-state index contributed by atoms with van der Waals surface area (Å²) in [6, 6.07) is 1.87. The van der Waals surface area contributed by atoms with Crippen LogP contribution in [0.3, 0.4) is 0 Å². The number of hydrogen-bond acceptors (Lipinski definition) is 4. The van der Waals surface area contributed by atoms with Gasteiger partial charge in [-0.15, -0.1) is 0 Å². The van der Waals surface area contributed by atoms with Crippen LogP contribution in [0.1, 0.15) is 12.8 Å². The molecular formula is C12H15N5O. The molecule has 6 heteroatoms. The third kappa shape index (κ3) is 2.01. The number of anilines is 1. The average Bonchev–Trinajstić information content (AvgIpc) is 3.05. The smallest absolute Gasteiger partial charge is 0.241 e. The number of likely N-dealkylation sites (tertiary alicyclic amines) is 1. The fraction of sp³-hybridized carbons (Fsp3) is 0.417. The monoisotopic (exact) mass is 245 g/mol. The van der Waals surface area contributed by atoms with Crippen LogP contribution < -0.4 is 5.32 Å². The quantitative estimate of drug-likeness (QED) is 0.867. The fourth-order valence-electron chi connectivity index (χ4n) is 2.23. The van der Waals surface area contributed by atoms with Gasteiger partial charge in [0.2, 0.25) is 5.91 Å². The second kappa shape index (κ2) is 4.64. The molecule has 0 spiro atoms. The molecule has 0 saturated carbocycles. The number of fused-ring (bicyclic) bond motifs is 1. The third-order valence-electron chi connectivity index (χ3n) is 3.19. The highest BCUT2D eigenvalue weighted by molar-refractivity contribution is 5.82. The molecule has 94 valence electrons. The van der Waals surface area contributed by atoms with Gasteiger partial charge >= 0.3 is 0 Å². The van der Waals surface area contributed by atoms with Crippen LogP contribution in [-0.4, -0.2) is 45.0 Å². The molecule has 0 aliphatic carbocycles. The van der Waals surface area contributed by atoms with E-state index in [1.54, 1.807) is 23.1 Å². The van der Waals surface area contributed by atoms with Gasteiger partial charge in [-0.2, -0.15) is 5.10 Å². The lowest BCUT2D eigenvalue weighted by Gasteiger charge is -2.15. The second-order valence-corrected chi connectivity index (χ2v) is 4.38. The number of hydrogen-bond donors (Lipinski definition) is 1. The van der Waals surface area contributed by atoms with Gasteiger partial charge in [-0.05, 0) is 18.9 Å². The van der Waals surface area contributed by atoms with E-state index in [1.807, 2.05) is 11.0 Å². The SMILES string of the molecule is O=C(CNc1nccn2nccc12)N1CCCC1. The Kier molecular flexibility index (Phi) is 2.84. The molecular weight excluding hydrogens is 230 g/mol. The number of nitrogens with one attached hydrogen (secondary N) is 1. The lowest BCUT2D eigenvalue weighted by molar-refractivity contribution is -0.128. The van der Waals surface area contributed by atoms with Crippen molar-refractivity contribution in [2.75, 3.05) is 25.0 Å². The zero-order valence-electron chi connectivity index (χ0n) is 10.0. The first kappa shape index (κ1) is 11.0. The van der Waals surface area contributed by atoms with Crippen LogP contribution in [0, 0.1) is 0 Å². The summed E-state index contributed by atoms with van der Waals surface area (Å²) in [5.74, 6) is 0.832. The lowest BCUT2D eigenvalue weighted by atomic mass is 10.4. The topological polar surface area (TPSA) is 62.5 Å². The van der Waals surface area contributed by atoms with Crippen molar-refractivity contribution >= 4 is 17.2 Å². The van der Waals surface area contributed by atoms with Crippen LogP contribution in [0.4, 0.5) is 5.82 Å². The maximum Gasteiger partial charge on any atom is 0.241 e. The average molecular weight is 245 g/mol. The Hall–Kier alpha value is -2.11. The van der Waals surface area contributed by atoms with E-state index in [4.69, 9.17) is 0 Å². The van der Waals surface area contributed by atoms with Crippen molar-refractivity contribution in [3.05, 3.63) is 24.7 Å². The summed E-state index contributed by atoms with van der Waals surface area (Å²) in [6.45, 7) is 2.05. The number of rotatable bonds is 3. The Balaban J connectivity index is 1.69. The second-order valence-electron chi connectivity index (χ2n) is 4.38. The van der Waals surface area contributed by atoms with Gasteiger partial charge in [0.25, 0.3) is 0 Å². The molecule has 0 radical (unpaired) electrons. The summed E-state index contributed by atoms with van der Waals surface area (Å²) in [5, 5.41) is 7.21. The van der Waals surface area contributed by atoms with E-state index < -0.39 is 0 Å². The molecule has 1 aliphatic rings. The first-order chi connectivity index (χ1) is 8.84. The summed E-state index contributed by atoms with van der Waals surface area (Å²) in [6.07, 6.45) is 7.39. The lowest BCUT2D eigenvalue weighted by Crippen LogP contribution is -2.33. The molecule has 2 aromatic heterocycles. The Morgan fingerprint density at radius 1 is 1.33 bits per heavy atom. The van der Waals surface area contributed by atoms with Crippen molar-refractivity contribution in [3.63, 3.8) is 0 Å². The van der Waals surface area contributed by atoms with Crippen molar-refractivity contribution in [2.24, 2.45) is 0 Å². The first-order valence-electron chi connectivity index (χ1n) is 6.14. The Morgan fingerprint density at radius 2 is 2.17 bits per heavy atom. The van der Waals surface area contributed by atoms with Gasteiger partial charge in [0.05, 0.1) is 12.7 Å². The molecule has 1 saturated heterocycles. The van der Waals surface area contributed by atoms with Gasteiger partial charge in [-0.1, -0.05) is 0 Å². The maximum atomic E-state index is 11.9. The van der Waals surface area contributed by atoms with Crippen LogP contribution in [0.2, 0.25) is 0 Å². The highest BCUT2D eigenvalue weighted by Crippen LogP contribution is 2.12. The molecule has 1 N–H and O–H groups in total. The van der Waals surface area contributed by atoms with E-state index in [1.165, 1.54) is 0 Å². The number of nitrogens with zero attached hydrogens (tertiary/aromatic N) is 4. The number of aromatic nitrogens is 3. The molecule has 3 heterocycles. The predicted octanol–water partition coefficient (Wildman–Crippen LogP) is 0.764. The van der Waals surface area contributed by atoms with Gasteiger partial charge in [0, 0.05) is 25.5 Å². The van der Waals surface area contributed by atoms with Crippen LogP contribution >= 0.6 is 0 Å². The number of carbonyl (C=O) groups is 1. The van der Waals surface area contributed by atoms with Gasteiger partial charge < -0.3 is 10.2 Å². The predicted molar refractivity (Wildman–Crippen MR) is 67.3 cm³/mol. The summed E-state index contributed by atoms with van der Waals surface area (Å²) in [7, 11) is 0. The van der Waals surface area contributed by atoms with Crippen molar-refractivity contribution in [1.82, 2.24) is 19.5 Å². The minimum Gasteiger partial charge on any atom is -0.359 e. The Bertz CT molecular complexity index is 558. The maximum absolute atomic E-state index is 11.9. The van der Waals surface area contributed by atoms with Crippen molar-refractivity contribution in [1.29, 1.82) is 0 Å². The van der Waals surface area contributed by atoms with Crippen LogP contribution in [0.5, 0.6) is 0 Å². The van der Waals surface area contributed by atoms with Gasteiger partial charge in [-0.25, -0.2) is 9.50 Å². The molecule has 0 aromatic carbocycles. The fourth-order valence-corrected chi connectivity index (χ4v) is 2.23. The molecule has 1 amide bonds. The van der Waals surface area contributed by atoms with E-state index in [9.17, 15) is 4.79 Å². The Labute approximate surface area is 105 Å². The molecule has 18 heavy (non-hydrogen) atoms. The molecule has 2 aromatic rings. The minimum atomic E-state index is 0.135. The Morgan fingerprint density at radius 3 is 3.00 bits per heavy atom. The van der Waals surface area contributed by atoms with E-state index in [2.05, 4.69) is 15.4 Å². The molecule has 0 unspecified atom stereocenters. The standard InChI is InChI=1S/C12H15N5O/c18-11(16-6-1-2-7-16)9-14-12-10-3-4-15-17(10)8-5-13-12/h3-5,8H,1-2,6-7,9H2,(H,13,14). The van der Waals surface area contributed by atoms with E-state index >= 15 is 0 Å². The van der Waals surface area contributed by atoms with Crippen LogP contribution in [0.15, 0.2) is 24.7 Å². The highest BCUT2D eigenvalue weighted by atomic mass is 16.2. The van der Waals surface area contributed by atoms with Crippen LogP contribution in [0.25, 0.3) is 5.52 Å². The minimum absolute atomic E-state index is 0.135. The summed E-state index contributed by atoms with van der Waals surface area (Å²) < 4.78 is 1.73. The summed E-state index contributed by atoms with van der Waals surface area (Å²) in [5.41, 5.74) is 0.881. The number of amides is 1. The zero-order chi connectivity index (χ0) is 12.4. The van der Waals surface area contributed by atoms with E-state index in [0.717, 1.165) is 31.4 Å². The zero-order valence-corrected chi connectivity index (χ0v) is 10.0. The normalized spacial score (nSPS) is 15.2. The van der Waals surface area contributed by atoms with E-state index in [-0.39, 0.29) is 12.5 Å². The van der Waals surface area contributed by atoms with Gasteiger partial charge in [0.15, 0.2) is 5.82 Å². The van der Waals surface area contributed by atoms with Crippen LogP contribution in [-0.2, 0) is 4.79 Å².